The quantitative estimate of drug-likeness (QED) is 0.0206. The molecule has 6 heterocycles. The number of nitrogens with two attached hydrogens (primary N) is 1. The molecule has 0 aliphatic heterocycles. The van der Waals surface area contributed by atoms with Crippen molar-refractivity contribution in [3.63, 3.8) is 0 Å². The van der Waals surface area contributed by atoms with E-state index in [0.29, 0.717) is 107 Å². The number of nitrogen functional groups attached to an aromatic ring is 1. The lowest BCUT2D eigenvalue weighted by atomic mass is 9.84. The maximum absolute atomic E-state index is 14.2. The molecular weight excluding hydrogens is 1810 g/mol. The molecule has 19 rings (SSSR count). The van der Waals surface area contributed by atoms with E-state index in [4.69, 9.17) is 12.3 Å². The van der Waals surface area contributed by atoms with Gasteiger partial charge in [0.2, 0.25) is 0 Å². The fourth-order valence-electron chi connectivity index (χ4n) is 17.9. The summed E-state index contributed by atoms with van der Waals surface area (Å²) in [5, 5.41) is 40.7. The minimum absolute atomic E-state index is 0.00907. The summed E-state index contributed by atoms with van der Waals surface area (Å²) in [6.07, 6.45) is 26.9. The van der Waals surface area contributed by atoms with E-state index in [1.165, 1.54) is 130 Å². The van der Waals surface area contributed by atoms with Crippen molar-refractivity contribution in [2.75, 3.05) is 45.0 Å². The number of aromatic amines is 6. The summed E-state index contributed by atoms with van der Waals surface area (Å²) in [7, 11) is 0. The first kappa shape index (κ1) is 101. The fourth-order valence-corrected chi connectivity index (χ4v) is 18.2. The number of hydrogen-bond donors (Lipinski definition) is 7. The molecule has 724 valence electrons. The number of rotatable bonds is 30. The second-order valence-corrected chi connectivity index (χ2v) is 39.2. The van der Waals surface area contributed by atoms with Crippen LogP contribution in [0.25, 0.3) is 10.9 Å². The molecular formula is C108H128BrF3N20O6. The van der Waals surface area contributed by atoms with Crippen molar-refractivity contribution in [3.8, 4) is 0 Å². The molecule has 7 aliphatic rings. The predicted octanol–water partition coefficient (Wildman–Crippen LogP) is 22.0. The molecule has 138 heavy (non-hydrogen) atoms. The zero-order valence-corrected chi connectivity index (χ0v) is 81.9. The van der Waals surface area contributed by atoms with Crippen LogP contribution in [0.2, 0.25) is 0 Å². The number of nitrogens with one attached hydrogen (secondary N) is 6. The van der Waals surface area contributed by atoms with Crippen LogP contribution in [0.4, 0.5) is 24.8 Å². The summed E-state index contributed by atoms with van der Waals surface area (Å²) in [4.78, 5) is 91.1. The van der Waals surface area contributed by atoms with Gasteiger partial charge >= 0.3 is 0 Å². The Kier molecular flexibility index (Phi) is 35.1. The Labute approximate surface area is 814 Å². The van der Waals surface area contributed by atoms with Crippen molar-refractivity contribution in [2.24, 2.45) is 35.5 Å². The average molecular weight is 1940 g/mol. The lowest BCUT2D eigenvalue weighted by Crippen LogP contribution is -2.39. The number of anilines is 1. The maximum Gasteiger partial charge on any atom is 0.275 e. The van der Waals surface area contributed by atoms with E-state index in [-0.39, 0.29) is 102 Å². The third kappa shape index (κ3) is 27.4. The molecule has 0 radical (unpaired) electrons. The van der Waals surface area contributed by atoms with Gasteiger partial charge in [0.25, 0.3) is 41.3 Å². The first-order chi connectivity index (χ1) is 66.6. The van der Waals surface area contributed by atoms with E-state index in [9.17, 15) is 41.9 Å². The van der Waals surface area contributed by atoms with Gasteiger partial charge in [0.1, 0.15) is 50.6 Å². The normalized spacial score (nSPS) is 15.2. The highest BCUT2D eigenvalue weighted by Crippen LogP contribution is 2.38. The molecule has 2 unspecified atom stereocenters. The third-order valence-corrected chi connectivity index (χ3v) is 28.0. The van der Waals surface area contributed by atoms with Gasteiger partial charge in [-0.05, 0) is 277 Å². The highest BCUT2D eigenvalue weighted by molar-refractivity contribution is 9.10. The Bertz CT molecular complexity index is 5930. The summed E-state index contributed by atoms with van der Waals surface area (Å²) in [6.45, 7) is 28.1. The average Bonchev–Trinajstić information content (AvgIpc) is 1.58. The van der Waals surface area contributed by atoms with Crippen LogP contribution in [0.15, 0.2) is 181 Å². The molecule has 6 saturated carbocycles. The van der Waals surface area contributed by atoms with E-state index < -0.39 is 0 Å². The number of fused-ring (bicyclic) bond motifs is 1. The summed E-state index contributed by atoms with van der Waals surface area (Å²) in [5.41, 5.74) is 21.1. The van der Waals surface area contributed by atoms with Gasteiger partial charge in [0.15, 0.2) is 11.4 Å². The molecule has 8 N–H and O–H groups in total. The van der Waals surface area contributed by atoms with Crippen LogP contribution in [0.3, 0.4) is 0 Å². The SMILES string of the molecule is CC(c1ccccc1)N(CC1CCC1)C(=O)c1cc(Br)[nH]n1.Cc1cc(C(=O)N(CC2CCC2)C(C)c2ccccc2)n[nH]1.Cc1cc(C(=O)N(Cc2cccc3c2C=CC3)CC2CCC2)n[nH]1.Cc1ccc(CN(CC2CCC2)C(=O)c2cc(C)[nH]n2)c(F)c1.Cc1ccc(CN(CC2CCC2)C(=O)c2cc(N)n[nH]2)c(F)c1.[C-]#[N+]c1cc(C(=O)N(Cc2ccc(C)cc2F)CC2CCC2)n[nH]1. The number of halogens is 4. The van der Waals surface area contributed by atoms with Crippen LogP contribution in [0.1, 0.15) is 283 Å². The number of carbonyl (C=O) groups excluding carboxylic acids is 6. The zero-order chi connectivity index (χ0) is 97.5. The van der Waals surface area contributed by atoms with E-state index >= 15 is 0 Å². The molecule has 0 spiro atoms. The Hall–Kier alpha value is -13.3. The number of hydrogen-bond acceptors (Lipinski definition) is 13. The van der Waals surface area contributed by atoms with E-state index in [2.05, 4.69) is 150 Å². The van der Waals surface area contributed by atoms with Gasteiger partial charge in [-0.2, -0.15) is 25.5 Å². The Morgan fingerprint density at radius 3 is 1.07 bits per heavy atom. The van der Waals surface area contributed by atoms with Crippen LogP contribution in [-0.4, -0.2) is 165 Å². The van der Waals surface area contributed by atoms with Crippen LogP contribution >= 0.6 is 15.9 Å². The highest BCUT2D eigenvalue weighted by Gasteiger charge is 2.36. The largest absolute Gasteiger partial charge is 0.382 e. The van der Waals surface area contributed by atoms with Crippen molar-refractivity contribution >= 4 is 69.1 Å². The first-order valence-corrected chi connectivity index (χ1v) is 49.3. The molecule has 30 heteroatoms. The van der Waals surface area contributed by atoms with Crippen LogP contribution < -0.4 is 5.73 Å². The van der Waals surface area contributed by atoms with Crippen molar-refractivity contribution < 1.29 is 41.9 Å². The Balaban J connectivity index is 0.000000132. The molecule has 26 nitrogen and oxygen atoms in total. The van der Waals surface area contributed by atoms with Gasteiger partial charge in [-0.25, -0.2) is 18.3 Å². The highest BCUT2D eigenvalue weighted by atomic mass is 79.9. The molecule has 6 amide bonds. The molecule has 6 aromatic heterocycles. The summed E-state index contributed by atoms with van der Waals surface area (Å²) >= 11 is 3.32. The minimum atomic E-state index is -0.301. The van der Waals surface area contributed by atoms with Crippen molar-refractivity contribution in [2.45, 2.75) is 216 Å². The van der Waals surface area contributed by atoms with Crippen molar-refractivity contribution in [1.29, 1.82) is 0 Å². The lowest BCUT2D eigenvalue weighted by molar-refractivity contribution is 0.0601. The number of nitrogens with zero attached hydrogens (tertiary/aromatic N) is 13. The topological polar surface area (TPSA) is 324 Å². The minimum Gasteiger partial charge on any atom is -0.382 e. The second-order valence-electron chi connectivity index (χ2n) is 38.4. The van der Waals surface area contributed by atoms with Crippen LogP contribution in [0, 0.1) is 101 Å². The zero-order valence-electron chi connectivity index (χ0n) is 80.3. The fraction of sp³-hybridized carbons (Fsp3) is 0.417. The monoisotopic (exact) mass is 1940 g/mol. The first-order valence-electron chi connectivity index (χ1n) is 48.5. The second kappa shape index (κ2) is 48.1. The number of H-pyrrole nitrogens is 6. The number of carbonyl (C=O) groups is 6. The van der Waals surface area contributed by atoms with Gasteiger partial charge in [-0.1, -0.05) is 178 Å². The van der Waals surface area contributed by atoms with Gasteiger partial charge in [-0.3, -0.25) is 54.3 Å². The van der Waals surface area contributed by atoms with E-state index in [1.54, 1.807) is 45.0 Å². The molecule has 6 fully saturated rings. The molecule has 0 bridgehead atoms. The molecule has 12 aromatic rings. The third-order valence-electron chi connectivity index (χ3n) is 27.6. The maximum atomic E-state index is 14.2. The summed E-state index contributed by atoms with van der Waals surface area (Å²) < 4.78 is 43.2. The summed E-state index contributed by atoms with van der Waals surface area (Å²) in [5.74, 6) is 2.48. The van der Waals surface area contributed by atoms with Gasteiger partial charge in [-0.15, -0.1) is 0 Å². The standard InChI is InChI=1S/C20H23N3O.C18H19FN4O.C18H22FN3O.C18H23N3O.C17H20BrN3O.C17H21FN4O/c1-14-11-19(22-21-14)20(24)23(12-15-5-2-6-15)13-17-9-3-7-16-8-4-10-18(16)17;1-12-6-7-14(15(19)8-12)11-23(10-13-4-3-5-13)18(24)16-9-17(20-2)22-21-16;1-12-6-7-15(16(19)8-12)11-22(10-14-4-3-5-14)18(23)17-9-13(2)20-21-17;1-13-11-17(20-19-13)18(22)21(12-15-7-6-8-15)14(2)16-9-4-3-5-10-16;1-12(14-8-3-2-4-9-14)21(11-13-6-5-7-13)17(22)15-10-16(18)20-19-15;1-11-5-6-13(14(18)7-11)10-22(9-12-3-2-4-12)17(23)15-8-16(19)21-20-15/h3-4,7,9-11,15H,2,5-6,8,12-13H2,1H3,(H,21,22);6-9,13H,3-5,10-11H2,1H3,(H,21,22);6-9,14H,3-5,10-11H2,1-2H3,(H,20,21);3-5,9-11,14-15H,6-8,12H2,1-2H3,(H,19,20);2-4,8-10,12-13H,5-7,11H2,1H3,(H,19,20);5-8,12H,2-4,9-10H2,1H3,(H3,19,20,21). The van der Waals surface area contributed by atoms with Crippen molar-refractivity contribution in [3.05, 3.63) is 322 Å². The Morgan fingerprint density at radius 1 is 0.391 bits per heavy atom. The predicted molar refractivity (Wildman–Crippen MR) is 531 cm³/mol. The molecule has 0 saturated heterocycles. The number of aromatic nitrogens is 12. The number of allylic oxidation sites excluding steroid dienone is 1. The lowest BCUT2D eigenvalue weighted by Gasteiger charge is -2.36. The van der Waals surface area contributed by atoms with E-state index in [0.717, 1.165) is 109 Å². The molecule has 2 atom stereocenters. The van der Waals surface area contributed by atoms with Gasteiger partial charge in [0, 0.05) is 111 Å². The number of benzene rings is 6. The van der Waals surface area contributed by atoms with Gasteiger partial charge in [0.05, 0.1) is 12.1 Å². The molecule has 6 aromatic carbocycles. The van der Waals surface area contributed by atoms with Crippen molar-refractivity contribution in [1.82, 2.24) is 90.6 Å². The summed E-state index contributed by atoms with van der Waals surface area (Å²) in [6, 6.07) is 52.3. The number of amides is 6. The van der Waals surface area contributed by atoms with Crippen LogP contribution in [-0.2, 0) is 32.6 Å². The molecule has 7 aliphatic carbocycles. The number of aryl methyl sites for hydroxylation is 6. The van der Waals surface area contributed by atoms with E-state index in [1.807, 2.05) is 123 Å². The smallest absolute Gasteiger partial charge is 0.275 e. The Morgan fingerprint density at radius 2 is 0.739 bits per heavy atom. The van der Waals surface area contributed by atoms with Crippen LogP contribution in [0.5, 0.6) is 0 Å². The van der Waals surface area contributed by atoms with Gasteiger partial charge < -0.3 is 40.0 Å².